The molecule has 1 unspecified atom stereocenters. The van der Waals surface area contributed by atoms with Crippen molar-refractivity contribution < 1.29 is 12.6 Å². The predicted octanol–water partition coefficient (Wildman–Crippen LogP) is 2.37. The van der Waals surface area contributed by atoms with Gasteiger partial charge in [0.15, 0.2) is 0 Å². The molecule has 9 nitrogen and oxygen atoms in total. The summed E-state index contributed by atoms with van der Waals surface area (Å²) in [5.74, 6) is 1.61. The summed E-state index contributed by atoms with van der Waals surface area (Å²) < 4.78 is 41.7. The summed E-state index contributed by atoms with van der Waals surface area (Å²) in [6.45, 7) is 4.59. The zero-order valence-electron chi connectivity index (χ0n) is 20.6. The van der Waals surface area contributed by atoms with Gasteiger partial charge in [-0.25, -0.2) is 22.0 Å². The third-order valence-electron chi connectivity index (χ3n) is 6.70. The molecule has 1 aromatic heterocycles. The Balaban J connectivity index is 1.56. The van der Waals surface area contributed by atoms with Crippen LogP contribution in [0.4, 0.5) is 11.8 Å². The van der Waals surface area contributed by atoms with Gasteiger partial charge in [0.1, 0.15) is 15.7 Å². The molecule has 2 aliphatic heterocycles. The van der Waals surface area contributed by atoms with Gasteiger partial charge >= 0.3 is 0 Å². The highest BCUT2D eigenvalue weighted by Crippen LogP contribution is 2.32. The number of nitrogens with zero attached hydrogens (tertiary/aromatic N) is 5. The van der Waals surface area contributed by atoms with Crippen LogP contribution in [0.25, 0.3) is 10.9 Å². The van der Waals surface area contributed by atoms with Crippen molar-refractivity contribution in [2.24, 2.45) is 10.1 Å². The molecule has 2 aromatic carbocycles. The van der Waals surface area contributed by atoms with E-state index < -0.39 is 19.6 Å². The summed E-state index contributed by atoms with van der Waals surface area (Å²) in [6.07, 6.45) is 2.09. The lowest BCUT2D eigenvalue weighted by Gasteiger charge is -2.25. The van der Waals surface area contributed by atoms with Crippen LogP contribution in [0.1, 0.15) is 17.5 Å². The lowest BCUT2D eigenvalue weighted by atomic mass is 10.1. The maximum atomic E-state index is 14.0. The number of sulfone groups is 1. The smallest absolute Gasteiger partial charge is 0.228 e. The maximum Gasteiger partial charge on any atom is 0.228 e. The molecule has 0 radical (unpaired) electrons. The molecule has 1 fully saturated rings. The Bertz CT molecular complexity index is 1530. The molecule has 0 amide bonds. The first-order valence-corrected chi connectivity index (χ1v) is 15.9. The third-order valence-corrected chi connectivity index (χ3v) is 10.0. The summed E-state index contributed by atoms with van der Waals surface area (Å²) in [5, 5.41) is 1.00. The Hall–Kier alpha value is -2.76. The zero-order chi connectivity index (χ0) is 25.5. The number of fused-ring (bicyclic) bond motifs is 2. The molecule has 0 aliphatic carbocycles. The molecule has 2 N–H and O–H groups in total. The number of hydrogen-bond donors (Lipinski definition) is 1. The quantitative estimate of drug-likeness (QED) is 0.536. The standard InChI is InChI=1S/C25H32N6O3S2/c1-18-7-8-22-21(15-18)24(30-11-9-20(26)17-30)29-25(28-22)31-12-14-36(34,27-10-13-35(2,32)33)23-6-4-3-5-19(23)16-31/h3-8,15,20H,9-14,16-17,26H2,1-2H3/t20-,36?/m0/s1. The second kappa shape index (κ2) is 9.60. The molecule has 0 saturated carbocycles. The zero-order valence-corrected chi connectivity index (χ0v) is 22.3. The minimum absolute atomic E-state index is 0.0111. The van der Waals surface area contributed by atoms with Gasteiger partial charge in [-0.1, -0.05) is 29.8 Å². The second-order valence-electron chi connectivity index (χ2n) is 9.72. The first-order valence-electron chi connectivity index (χ1n) is 12.1. The molecular weight excluding hydrogens is 496 g/mol. The van der Waals surface area contributed by atoms with E-state index in [1.54, 1.807) is 0 Å². The molecule has 5 rings (SSSR count). The normalized spacial score (nSPS) is 22.5. The van der Waals surface area contributed by atoms with Crippen LogP contribution in [0.3, 0.4) is 0 Å². The van der Waals surface area contributed by atoms with Crippen molar-refractivity contribution in [3.8, 4) is 0 Å². The Kier molecular flexibility index (Phi) is 6.65. The van der Waals surface area contributed by atoms with Gasteiger partial charge in [-0.2, -0.15) is 4.98 Å². The van der Waals surface area contributed by atoms with Crippen molar-refractivity contribution >= 4 is 42.2 Å². The van der Waals surface area contributed by atoms with Gasteiger partial charge in [-0.05, 0) is 37.1 Å². The lowest BCUT2D eigenvalue weighted by molar-refractivity contribution is 0.601. The summed E-state index contributed by atoms with van der Waals surface area (Å²) in [7, 11) is -5.99. The van der Waals surface area contributed by atoms with Crippen LogP contribution in [0.5, 0.6) is 0 Å². The molecule has 0 spiro atoms. The van der Waals surface area contributed by atoms with E-state index in [2.05, 4.69) is 27.2 Å². The SMILES string of the molecule is Cc1ccc2nc(N3CCS(=O)(=NCCS(C)(=O)=O)c4ccccc4C3)nc(N3CC[C@H](N)C3)c2c1. The van der Waals surface area contributed by atoms with Crippen LogP contribution >= 0.6 is 0 Å². The molecule has 0 bridgehead atoms. The summed E-state index contributed by atoms with van der Waals surface area (Å²) >= 11 is 0. The minimum Gasteiger partial charge on any atom is -0.354 e. The fraction of sp³-hybridized carbons (Fsp3) is 0.440. The van der Waals surface area contributed by atoms with Crippen LogP contribution in [0.2, 0.25) is 0 Å². The summed E-state index contributed by atoms with van der Waals surface area (Å²) in [6, 6.07) is 13.9. The van der Waals surface area contributed by atoms with Gasteiger partial charge in [0.2, 0.25) is 5.95 Å². The predicted molar refractivity (Wildman–Crippen MR) is 145 cm³/mol. The van der Waals surface area contributed by atoms with Crippen LogP contribution in [0.15, 0.2) is 51.7 Å². The summed E-state index contributed by atoms with van der Waals surface area (Å²) in [4.78, 5) is 14.9. The average molecular weight is 529 g/mol. The highest BCUT2D eigenvalue weighted by molar-refractivity contribution is 7.93. The van der Waals surface area contributed by atoms with Crippen LogP contribution in [-0.4, -0.2) is 72.6 Å². The summed E-state index contributed by atoms with van der Waals surface area (Å²) in [5.41, 5.74) is 9.10. The van der Waals surface area contributed by atoms with Crippen molar-refractivity contribution in [3.05, 3.63) is 53.6 Å². The average Bonchev–Trinajstić information content (AvgIpc) is 3.20. The van der Waals surface area contributed by atoms with Gasteiger partial charge in [-0.15, -0.1) is 0 Å². The van der Waals surface area contributed by atoms with E-state index in [0.29, 0.717) is 23.9 Å². The molecule has 3 heterocycles. The van der Waals surface area contributed by atoms with Crippen molar-refractivity contribution in [3.63, 3.8) is 0 Å². The Morgan fingerprint density at radius 2 is 1.94 bits per heavy atom. The molecule has 11 heteroatoms. The Morgan fingerprint density at radius 1 is 1.14 bits per heavy atom. The van der Waals surface area contributed by atoms with Crippen molar-refractivity contribution in [2.45, 2.75) is 30.8 Å². The number of hydrogen-bond acceptors (Lipinski definition) is 9. The number of anilines is 2. The molecule has 2 atom stereocenters. The number of rotatable bonds is 5. The van der Waals surface area contributed by atoms with Gasteiger partial charge in [0.05, 0.1) is 38.2 Å². The fourth-order valence-corrected chi connectivity index (χ4v) is 7.52. The monoisotopic (exact) mass is 528 g/mol. The molecule has 3 aromatic rings. The highest BCUT2D eigenvalue weighted by Gasteiger charge is 2.28. The first-order chi connectivity index (χ1) is 17.1. The number of benzene rings is 2. The molecule has 1 saturated heterocycles. The number of nitrogens with two attached hydrogens (primary N) is 1. The van der Waals surface area contributed by atoms with Gasteiger partial charge in [0, 0.05) is 43.9 Å². The van der Waals surface area contributed by atoms with E-state index in [9.17, 15) is 12.6 Å². The minimum atomic E-state index is -3.20. The molecule has 2 aliphatic rings. The van der Waals surface area contributed by atoms with Crippen LogP contribution in [0, 0.1) is 6.92 Å². The van der Waals surface area contributed by atoms with E-state index in [4.69, 9.17) is 15.7 Å². The first kappa shape index (κ1) is 24.9. The maximum absolute atomic E-state index is 14.0. The third kappa shape index (κ3) is 5.18. The van der Waals surface area contributed by atoms with E-state index in [0.717, 1.165) is 47.4 Å². The van der Waals surface area contributed by atoms with E-state index in [-0.39, 0.29) is 24.1 Å². The van der Waals surface area contributed by atoms with Crippen LogP contribution < -0.4 is 15.5 Å². The van der Waals surface area contributed by atoms with Crippen molar-refractivity contribution in [1.29, 1.82) is 0 Å². The Labute approximate surface area is 212 Å². The topological polar surface area (TPSA) is 122 Å². The van der Waals surface area contributed by atoms with E-state index in [1.807, 2.05) is 36.4 Å². The second-order valence-corrected chi connectivity index (χ2v) is 14.4. The Morgan fingerprint density at radius 3 is 2.69 bits per heavy atom. The van der Waals surface area contributed by atoms with Crippen molar-refractivity contribution in [2.75, 3.05) is 53.7 Å². The number of aryl methyl sites for hydroxylation is 1. The van der Waals surface area contributed by atoms with Crippen LogP contribution in [-0.2, 0) is 26.1 Å². The van der Waals surface area contributed by atoms with Gasteiger partial charge in [0.25, 0.3) is 0 Å². The fourth-order valence-electron chi connectivity index (χ4n) is 4.81. The molecule has 192 valence electrons. The molecule has 36 heavy (non-hydrogen) atoms. The van der Waals surface area contributed by atoms with Gasteiger partial charge < -0.3 is 15.5 Å². The van der Waals surface area contributed by atoms with E-state index >= 15 is 0 Å². The number of aromatic nitrogens is 2. The van der Waals surface area contributed by atoms with Gasteiger partial charge in [-0.3, -0.25) is 0 Å². The highest BCUT2D eigenvalue weighted by atomic mass is 32.2. The van der Waals surface area contributed by atoms with Crippen molar-refractivity contribution in [1.82, 2.24) is 9.97 Å². The van der Waals surface area contributed by atoms with E-state index in [1.165, 1.54) is 6.26 Å². The largest absolute Gasteiger partial charge is 0.354 e. The molecular formula is C25H32N6O3S2. The lowest BCUT2D eigenvalue weighted by Crippen LogP contribution is -2.30.